The second-order valence-electron chi connectivity index (χ2n) is 7.53. The number of aryl methyl sites for hydroxylation is 1. The molecule has 0 aromatic heterocycles. The zero-order valence-electron chi connectivity index (χ0n) is 16.8. The molecule has 0 unspecified atom stereocenters. The Labute approximate surface area is 179 Å². The quantitative estimate of drug-likeness (QED) is 0.580. The molecule has 3 aromatic carbocycles. The van der Waals surface area contributed by atoms with Crippen LogP contribution < -0.4 is 5.32 Å². The van der Waals surface area contributed by atoms with Gasteiger partial charge < -0.3 is 15.2 Å². The van der Waals surface area contributed by atoms with E-state index in [1.54, 1.807) is 12.1 Å². The van der Waals surface area contributed by atoms with Gasteiger partial charge in [0.2, 0.25) is 0 Å². The Balaban J connectivity index is 1.38. The fourth-order valence-electron chi connectivity index (χ4n) is 4.04. The molecule has 3 aromatic rings. The summed E-state index contributed by atoms with van der Waals surface area (Å²) in [6.45, 7) is 0.107. The van der Waals surface area contributed by atoms with Crippen molar-refractivity contribution in [2.24, 2.45) is 0 Å². The van der Waals surface area contributed by atoms with E-state index < -0.39 is 18.1 Å². The van der Waals surface area contributed by atoms with Crippen LogP contribution in [-0.2, 0) is 16.0 Å². The van der Waals surface area contributed by atoms with Crippen LogP contribution in [0.25, 0.3) is 11.1 Å². The van der Waals surface area contributed by atoms with Crippen molar-refractivity contribution in [1.82, 2.24) is 5.32 Å². The number of rotatable bonds is 7. The average Bonchev–Trinajstić information content (AvgIpc) is 3.09. The van der Waals surface area contributed by atoms with Gasteiger partial charge in [-0.3, -0.25) is 0 Å². The lowest BCUT2D eigenvalue weighted by atomic mass is 9.98. The lowest BCUT2D eigenvalue weighted by molar-refractivity contribution is -0.139. The maximum absolute atomic E-state index is 13.3. The fourth-order valence-corrected chi connectivity index (χ4v) is 4.04. The van der Waals surface area contributed by atoms with Crippen molar-refractivity contribution in [3.05, 3.63) is 95.3 Å². The molecular formula is C25H22FNO4. The summed E-state index contributed by atoms with van der Waals surface area (Å²) in [6, 6.07) is 20.8. The molecule has 1 aliphatic rings. The van der Waals surface area contributed by atoms with Crippen molar-refractivity contribution in [3.63, 3.8) is 0 Å². The van der Waals surface area contributed by atoms with Gasteiger partial charge in [-0.05, 0) is 52.8 Å². The molecule has 6 heteroatoms. The number of carbonyl (C=O) groups excluding carboxylic acids is 1. The number of fused-ring (bicyclic) bond motifs is 3. The molecule has 0 bridgehead atoms. The molecule has 0 saturated heterocycles. The molecule has 31 heavy (non-hydrogen) atoms. The molecule has 0 radical (unpaired) electrons. The second kappa shape index (κ2) is 9.00. The minimum Gasteiger partial charge on any atom is -0.480 e. The topological polar surface area (TPSA) is 75.6 Å². The lowest BCUT2D eigenvalue weighted by Crippen LogP contribution is -2.41. The molecule has 158 valence electrons. The highest BCUT2D eigenvalue weighted by Crippen LogP contribution is 2.44. The zero-order valence-corrected chi connectivity index (χ0v) is 16.8. The number of hydrogen-bond acceptors (Lipinski definition) is 3. The first kappa shape index (κ1) is 20.6. The van der Waals surface area contributed by atoms with E-state index in [2.05, 4.69) is 5.32 Å². The molecule has 0 spiro atoms. The first-order chi connectivity index (χ1) is 15.0. The fraction of sp³-hybridized carbons (Fsp3) is 0.200. The van der Waals surface area contributed by atoms with E-state index in [0.717, 1.165) is 22.3 Å². The van der Waals surface area contributed by atoms with Gasteiger partial charge in [-0.1, -0.05) is 60.7 Å². The maximum atomic E-state index is 13.3. The molecule has 1 aliphatic carbocycles. The number of halogens is 1. The highest BCUT2D eigenvalue weighted by Gasteiger charge is 2.29. The minimum atomic E-state index is -1.16. The molecule has 5 nitrogen and oxygen atoms in total. The minimum absolute atomic E-state index is 0.103. The number of hydrogen-bond donors (Lipinski definition) is 2. The second-order valence-corrected chi connectivity index (χ2v) is 7.53. The van der Waals surface area contributed by atoms with E-state index in [1.165, 1.54) is 12.1 Å². The Morgan fingerprint density at radius 2 is 1.61 bits per heavy atom. The Morgan fingerprint density at radius 3 is 2.23 bits per heavy atom. The number of nitrogens with one attached hydrogen (secondary N) is 1. The van der Waals surface area contributed by atoms with E-state index >= 15 is 0 Å². The largest absolute Gasteiger partial charge is 0.480 e. The third-order valence-electron chi connectivity index (χ3n) is 5.54. The van der Waals surface area contributed by atoms with Gasteiger partial charge in [-0.25, -0.2) is 14.0 Å². The van der Waals surface area contributed by atoms with Crippen molar-refractivity contribution in [2.75, 3.05) is 6.61 Å². The smallest absolute Gasteiger partial charge is 0.407 e. The number of aliphatic carboxylic acids is 1. The van der Waals surface area contributed by atoms with Crippen molar-refractivity contribution in [1.29, 1.82) is 0 Å². The third-order valence-corrected chi connectivity index (χ3v) is 5.54. The van der Waals surface area contributed by atoms with Crippen LogP contribution in [0.15, 0.2) is 72.8 Å². The van der Waals surface area contributed by atoms with E-state index in [-0.39, 0.29) is 24.8 Å². The highest BCUT2D eigenvalue weighted by atomic mass is 19.1. The van der Waals surface area contributed by atoms with Crippen LogP contribution in [0, 0.1) is 5.82 Å². The summed E-state index contributed by atoms with van der Waals surface area (Å²) in [6.07, 6.45) is -0.338. The number of amides is 1. The first-order valence-corrected chi connectivity index (χ1v) is 10.1. The van der Waals surface area contributed by atoms with Gasteiger partial charge in [0.05, 0.1) is 0 Å². The SMILES string of the molecule is O=C(N[C@@H](CCc1cccc(F)c1)C(=O)O)OCC1c2ccccc2-c2ccccc21. The van der Waals surface area contributed by atoms with Crippen LogP contribution in [0.1, 0.15) is 29.0 Å². The molecule has 1 amide bonds. The molecule has 2 N–H and O–H groups in total. The molecule has 0 fully saturated rings. The number of carboxylic acids is 1. The van der Waals surface area contributed by atoms with Crippen LogP contribution in [0.4, 0.5) is 9.18 Å². The van der Waals surface area contributed by atoms with Crippen molar-refractivity contribution in [2.45, 2.75) is 24.8 Å². The van der Waals surface area contributed by atoms with Crippen molar-refractivity contribution in [3.8, 4) is 11.1 Å². The van der Waals surface area contributed by atoms with E-state index in [4.69, 9.17) is 4.74 Å². The molecule has 4 rings (SSSR count). The maximum Gasteiger partial charge on any atom is 0.407 e. The van der Waals surface area contributed by atoms with Gasteiger partial charge in [0.15, 0.2) is 0 Å². The van der Waals surface area contributed by atoms with Gasteiger partial charge >= 0.3 is 12.1 Å². The van der Waals surface area contributed by atoms with Crippen LogP contribution >= 0.6 is 0 Å². The van der Waals surface area contributed by atoms with Gasteiger partial charge in [0.1, 0.15) is 18.5 Å². The monoisotopic (exact) mass is 419 g/mol. The number of carboxylic acid groups (broad SMARTS) is 1. The Bertz CT molecular complexity index is 1070. The predicted molar refractivity (Wildman–Crippen MR) is 114 cm³/mol. The van der Waals surface area contributed by atoms with Gasteiger partial charge in [-0.15, -0.1) is 0 Å². The van der Waals surface area contributed by atoms with Gasteiger partial charge in [-0.2, -0.15) is 0 Å². The summed E-state index contributed by atoms with van der Waals surface area (Å²) in [5.74, 6) is -1.65. The number of alkyl carbamates (subject to hydrolysis) is 1. The molecular weight excluding hydrogens is 397 g/mol. The Kier molecular flexibility index (Phi) is 5.98. The van der Waals surface area contributed by atoms with Crippen molar-refractivity contribution < 1.29 is 23.8 Å². The van der Waals surface area contributed by atoms with E-state index in [9.17, 15) is 19.1 Å². The summed E-state index contributed by atoms with van der Waals surface area (Å²) in [7, 11) is 0. The van der Waals surface area contributed by atoms with E-state index in [1.807, 2.05) is 48.5 Å². The average molecular weight is 419 g/mol. The summed E-state index contributed by atoms with van der Waals surface area (Å²) in [5.41, 5.74) is 5.06. The third kappa shape index (κ3) is 4.58. The first-order valence-electron chi connectivity index (χ1n) is 10.1. The highest BCUT2D eigenvalue weighted by molar-refractivity contribution is 5.81. The predicted octanol–water partition coefficient (Wildman–Crippen LogP) is 4.75. The number of benzene rings is 3. The molecule has 1 atom stereocenters. The van der Waals surface area contributed by atoms with E-state index in [0.29, 0.717) is 12.0 Å². The zero-order chi connectivity index (χ0) is 21.8. The summed E-state index contributed by atoms with van der Waals surface area (Å²) < 4.78 is 18.7. The summed E-state index contributed by atoms with van der Waals surface area (Å²) in [5, 5.41) is 11.9. The summed E-state index contributed by atoms with van der Waals surface area (Å²) >= 11 is 0. The van der Waals surface area contributed by atoms with Gasteiger partial charge in [0, 0.05) is 5.92 Å². The Hall–Kier alpha value is -3.67. The number of carbonyl (C=O) groups is 2. The van der Waals surface area contributed by atoms with Gasteiger partial charge in [0.25, 0.3) is 0 Å². The molecule has 0 heterocycles. The standard InChI is InChI=1S/C25H22FNO4/c26-17-7-5-6-16(14-17)12-13-23(24(28)29)27-25(30)31-15-22-20-10-3-1-8-18(20)19-9-2-4-11-21(19)22/h1-11,14,22-23H,12-13,15H2,(H,27,30)(H,28,29)/t23-/m0/s1. The molecule has 0 saturated carbocycles. The molecule has 0 aliphatic heterocycles. The normalized spacial score (nSPS) is 13.2. The van der Waals surface area contributed by atoms with Crippen LogP contribution in [0.3, 0.4) is 0 Å². The van der Waals surface area contributed by atoms with Crippen LogP contribution in [0.5, 0.6) is 0 Å². The van der Waals surface area contributed by atoms with Crippen LogP contribution in [0.2, 0.25) is 0 Å². The Morgan fingerprint density at radius 1 is 0.968 bits per heavy atom. The summed E-state index contributed by atoms with van der Waals surface area (Å²) in [4.78, 5) is 23.9. The number of ether oxygens (including phenoxy) is 1. The van der Waals surface area contributed by atoms with Crippen LogP contribution in [-0.4, -0.2) is 29.8 Å². The lowest BCUT2D eigenvalue weighted by Gasteiger charge is -2.17. The van der Waals surface area contributed by atoms with Crippen molar-refractivity contribution >= 4 is 12.1 Å².